The number of carbonyl (C=O) groups is 1. The Hall–Kier alpha value is -2.50. The van der Waals surface area contributed by atoms with E-state index in [1.165, 1.54) is 12.1 Å². The van der Waals surface area contributed by atoms with Gasteiger partial charge in [0.25, 0.3) is 5.91 Å². The van der Waals surface area contributed by atoms with Gasteiger partial charge in [-0.2, -0.15) is 13.2 Å². The molecule has 2 aromatic carbocycles. The fraction of sp³-hybridized carbons (Fsp3) is 0.278. The fourth-order valence-electron chi connectivity index (χ4n) is 2.25. The van der Waals surface area contributed by atoms with Gasteiger partial charge in [-0.25, -0.2) is 0 Å². The monoisotopic (exact) mass is 337 g/mol. The van der Waals surface area contributed by atoms with Crippen molar-refractivity contribution >= 4 is 5.91 Å². The lowest BCUT2D eigenvalue weighted by molar-refractivity contribution is -0.137. The van der Waals surface area contributed by atoms with E-state index in [-0.39, 0.29) is 5.56 Å². The zero-order valence-electron chi connectivity index (χ0n) is 13.6. The quantitative estimate of drug-likeness (QED) is 0.899. The van der Waals surface area contributed by atoms with Crippen LogP contribution in [0.4, 0.5) is 13.2 Å². The molecule has 2 aromatic rings. The molecule has 0 aliphatic heterocycles. The minimum atomic E-state index is -4.42. The molecular formula is C18H18F3NO2. The van der Waals surface area contributed by atoms with Crippen LogP contribution >= 0.6 is 0 Å². The van der Waals surface area contributed by atoms with Crippen LogP contribution in [-0.2, 0) is 11.7 Å². The molecule has 0 unspecified atom stereocenters. The van der Waals surface area contributed by atoms with E-state index in [2.05, 4.69) is 5.32 Å². The third-order valence-electron chi connectivity index (χ3n) is 3.71. The second kappa shape index (κ2) is 6.55. The second-order valence-corrected chi connectivity index (χ2v) is 5.88. The molecule has 0 atom stereocenters. The number of ether oxygens (including phenoxy) is 1. The molecular weight excluding hydrogens is 319 g/mol. The van der Waals surface area contributed by atoms with Gasteiger partial charge in [-0.3, -0.25) is 4.79 Å². The van der Waals surface area contributed by atoms with Gasteiger partial charge in [-0.05, 0) is 55.8 Å². The highest BCUT2D eigenvalue weighted by molar-refractivity contribution is 5.94. The number of alkyl halides is 3. The number of halogens is 3. The lowest BCUT2D eigenvalue weighted by atomic mass is 9.93. The maximum atomic E-state index is 12.6. The number of hydrogen-bond acceptors (Lipinski definition) is 2. The molecule has 2 rings (SSSR count). The van der Waals surface area contributed by atoms with Crippen LogP contribution in [0.2, 0.25) is 0 Å². The standard InChI is InChI=1S/C18H18F3NO2/c1-17(2,13-8-10-15(24-3)11-9-13)22-16(23)12-4-6-14(7-5-12)18(19,20)21/h4-11H,1-3H3,(H,22,23). The van der Waals surface area contributed by atoms with Crippen LogP contribution in [0.25, 0.3) is 0 Å². The summed E-state index contributed by atoms with van der Waals surface area (Å²) in [4.78, 5) is 12.3. The van der Waals surface area contributed by atoms with Gasteiger partial charge in [0, 0.05) is 5.56 Å². The minimum Gasteiger partial charge on any atom is -0.497 e. The average molecular weight is 337 g/mol. The molecule has 3 nitrogen and oxygen atoms in total. The summed E-state index contributed by atoms with van der Waals surface area (Å²) in [6.07, 6.45) is -4.42. The summed E-state index contributed by atoms with van der Waals surface area (Å²) in [5.74, 6) is 0.258. The SMILES string of the molecule is COc1ccc(C(C)(C)NC(=O)c2ccc(C(F)(F)F)cc2)cc1. The molecule has 0 saturated heterocycles. The first kappa shape index (κ1) is 17.8. The Bertz CT molecular complexity index is 705. The summed E-state index contributed by atoms with van der Waals surface area (Å²) in [6, 6.07) is 11.3. The molecule has 0 fully saturated rings. The molecule has 24 heavy (non-hydrogen) atoms. The van der Waals surface area contributed by atoms with E-state index >= 15 is 0 Å². The topological polar surface area (TPSA) is 38.3 Å². The van der Waals surface area contributed by atoms with Crippen LogP contribution in [0.3, 0.4) is 0 Å². The van der Waals surface area contributed by atoms with Crippen LogP contribution in [0.15, 0.2) is 48.5 Å². The van der Waals surface area contributed by atoms with Crippen LogP contribution in [0.1, 0.15) is 35.3 Å². The van der Waals surface area contributed by atoms with Gasteiger partial charge < -0.3 is 10.1 Å². The van der Waals surface area contributed by atoms with Crippen molar-refractivity contribution in [3.8, 4) is 5.75 Å². The van der Waals surface area contributed by atoms with E-state index in [4.69, 9.17) is 4.74 Å². The number of carbonyl (C=O) groups excluding carboxylic acids is 1. The predicted octanol–water partition coefficient (Wildman–Crippen LogP) is 4.38. The largest absolute Gasteiger partial charge is 0.497 e. The van der Waals surface area contributed by atoms with Gasteiger partial charge in [0.05, 0.1) is 18.2 Å². The molecule has 0 heterocycles. The average Bonchev–Trinajstić information content (AvgIpc) is 2.54. The molecule has 0 aliphatic carbocycles. The fourth-order valence-corrected chi connectivity index (χ4v) is 2.25. The van der Waals surface area contributed by atoms with Crippen LogP contribution < -0.4 is 10.1 Å². The molecule has 0 bridgehead atoms. The third-order valence-corrected chi connectivity index (χ3v) is 3.71. The number of amides is 1. The lowest BCUT2D eigenvalue weighted by Crippen LogP contribution is -2.41. The minimum absolute atomic E-state index is 0.171. The molecule has 1 N–H and O–H groups in total. The summed E-state index contributed by atoms with van der Waals surface area (Å²) in [5.41, 5.74) is -0.451. The van der Waals surface area contributed by atoms with Crippen molar-refractivity contribution in [2.75, 3.05) is 7.11 Å². The second-order valence-electron chi connectivity index (χ2n) is 5.88. The van der Waals surface area contributed by atoms with Gasteiger partial charge in [-0.1, -0.05) is 12.1 Å². The Kier molecular flexibility index (Phi) is 4.87. The summed E-state index contributed by atoms with van der Waals surface area (Å²) in [5, 5.41) is 2.82. The van der Waals surface area contributed by atoms with Crippen molar-refractivity contribution in [3.05, 3.63) is 65.2 Å². The Morgan fingerprint density at radius 1 is 0.917 bits per heavy atom. The van der Waals surface area contributed by atoms with Crippen LogP contribution in [-0.4, -0.2) is 13.0 Å². The highest BCUT2D eigenvalue weighted by atomic mass is 19.4. The van der Waals surface area contributed by atoms with Gasteiger partial charge in [0.1, 0.15) is 5.75 Å². The van der Waals surface area contributed by atoms with Gasteiger partial charge in [-0.15, -0.1) is 0 Å². The molecule has 0 aromatic heterocycles. The van der Waals surface area contributed by atoms with Crippen molar-refractivity contribution in [3.63, 3.8) is 0 Å². The van der Waals surface area contributed by atoms with Crippen LogP contribution in [0, 0.1) is 0 Å². The maximum Gasteiger partial charge on any atom is 0.416 e. The molecule has 0 aliphatic rings. The molecule has 128 valence electrons. The first-order valence-electron chi connectivity index (χ1n) is 7.28. The Morgan fingerprint density at radius 2 is 1.42 bits per heavy atom. The van der Waals surface area contributed by atoms with Crippen molar-refractivity contribution in [2.24, 2.45) is 0 Å². The van der Waals surface area contributed by atoms with E-state index in [0.717, 1.165) is 17.7 Å². The van der Waals surface area contributed by atoms with E-state index in [1.54, 1.807) is 19.2 Å². The lowest BCUT2D eigenvalue weighted by Gasteiger charge is -2.27. The Balaban J connectivity index is 2.14. The van der Waals surface area contributed by atoms with Gasteiger partial charge >= 0.3 is 6.18 Å². The number of methoxy groups -OCH3 is 1. The van der Waals surface area contributed by atoms with Crippen LogP contribution in [0.5, 0.6) is 5.75 Å². The number of hydrogen-bond donors (Lipinski definition) is 1. The van der Waals surface area contributed by atoms with Crippen molar-refractivity contribution in [2.45, 2.75) is 25.6 Å². The van der Waals surface area contributed by atoms with Crippen molar-refractivity contribution in [1.29, 1.82) is 0 Å². The summed E-state index contributed by atoms with van der Waals surface area (Å²) in [7, 11) is 1.56. The highest BCUT2D eigenvalue weighted by Gasteiger charge is 2.30. The van der Waals surface area contributed by atoms with E-state index in [1.807, 2.05) is 26.0 Å². The van der Waals surface area contributed by atoms with Gasteiger partial charge in [0.15, 0.2) is 0 Å². The Labute approximate surface area is 138 Å². The molecule has 0 spiro atoms. The van der Waals surface area contributed by atoms with Gasteiger partial charge in [0.2, 0.25) is 0 Å². The summed E-state index contributed by atoms with van der Waals surface area (Å²) >= 11 is 0. The summed E-state index contributed by atoms with van der Waals surface area (Å²) < 4.78 is 42.8. The highest BCUT2D eigenvalue weighted by Crippen LogP contribution is 2.29. The first-order valence-corrected chi connectivity index (χ1v) is 7.28. The normalized spacial score (nSPS) is 11.9. The number of rotatable bonds is 4. The maximum absolute atomic E-state index is 12.6. The number of nitrogens with one attached hydrogen (secondary N) is 1. The smallest absolute Gasteiger partial charge is 0.416 e. The molecule has 0 saturated carbocycles. The van der Waals surface area contributed by atoms with E-state index in [0.29, 0.717) is 5.75 Å². The number of benzene rings is 2. The van der Waals surface area contributed by atoms with Crippen molar-refractivity contribution < 1.29 is 22.7 Å². The molecule has 6 heteroatoms. The van der Waals surface area contributed by atoms with E-state index in [9.17, 15) is 18.0 Å². The zero-order valence-corrected chi connectivity index (χ0v) is 13.6. The predicted molar refractivity (Wildman–Crippen MR) is 84.9 cm³/mol. The van der Waals surface area contributed by atoms with Crippen molar-refractivity contribution in [1.82, 2.24) is 5.32 Å². The zero-order chi connectivity index (χ0) is 18.0. The first-order chi connectivity index (χ1) is 11.1. The molecule has 0 radical (unpaired) electrons. The van der Waals surface area contributed by atoms with E-state index < -0.39 is 23.2 Å². The Morgan fingerprint density at radius 3 is 1.88 bits per heavy atom. The third kappa shape index (κ3) is 4.07. The summed E-state index contributed by atoms with van der Waals surface area (Å²) in [6.45, 7) is 3.63. The molecule has 1 amide bonds.